The summed E-state index contributed by atoms with van der Waals surface area (Å²) in [5, 5.41) is 7.86. The lowest BCUT2D eigenvalue weighted by atomic mass is 10.2. The molecule has 1 N–H and O–H groups in total. The molecule has 0 aliphatic rings. The molecule has 2 heterocycles. The maximum absolute atomic E-state index is 13.1. The molecule has 0 aliphatic heterocycles. The third-order valence-electron chi connectivity index (χ3n) is 2.97. The van der Waals surface area contributed by atoms with Crippen LogP contribution in [0.25, 0.3) is 5.65 Å². The first-order valence-corrected chi connectivity index (χ1v) is 6.98. The van der Waals surface area contributed by atoms with Crippen LogP contribution in [0.1, 0.15) is 11.3 Å². The zero-order valence-electron chi connectivity index (χ0n) is 11.1. The molecule has 3 rings (SSSR count). The van der Waals surface area contributed by atoms with Gasteiger partial charge >= 0.3 is 0 Å². The zero-order valence-corrected chi connectivity index (χ0v) is 12.6. The van der Waals surface area contributed by atoms with E-state index in [4.69, 9.17) is 23.2 Å². The third kappa shape index (κ3) is 2.94. The van der Waals surface area contributed by atoms with E-state index in [9.17, 15) is 4.39 Å². The zero-order chi connectivity index (χ0) is 15.0. The summed E-state index contributed by atoms with van der Waals surface area (Å²) in [6.45, 7) is 2.36. The highest BCUT2D eigenvalue weighted by atomic mass is 35.5. The minimum Gasteiger partial charge on any atom is -0.378 e. The second-order valence-corrected chi connectivity index (χ2v) is 5.46. The molecule has 0 saturated carbocycles. The Hall–Kier alpha value is -1.85. The quantitative estimate of drug-likeness (QED) is 0.788. The van der Waals surface area contributed by atoms with E-state index in [1.807, 2.05) is 19.2 Å². The van der Waals surface area contributed by atoms with E-state index in [-0.39, 0.29) is 10.0 Å². The van der Waals surface area contributed by atoms with Gasteiger partial charge in [-0.1, -0.05) is 23.2 Å². The fraction of sp³-hybridized carbons (Fsp3) is 0.143. The monoisotopic (exact) mass is 324 g/mol. The van der Waals surface area contributed by atoms with Gasteiger partial charge < -0.3 is 5.32 Å². The number of benzene rings is 1. The Kier molecular flexibility index (Phi) is 3.69. The molecule has 21 heavy (non-hydrogen) atoms. The lowest BCUT2D eigenvalue weighted by molar-refractivity contribution is 0.628. The Balaban J connectivity index is 1.83. The molecule has 0 radical (unpaired) electrons. The van der Waals surface area contributed by atoms with Gasteiger partial charge in [-0.05, 0) is 19.1 Å². The Labute approximate surface area is 130 Å². The topological polar surface area (TPSA) is 42.2 Å². The number of aryl methyl sites for hydroxylation is 1. The van der Waals surface area contributed by atoms with Crippen LogP contribution in [0.2, 0.25) is 10.0 Å². The predicted molar refractivity (Wildman–Crippen MR) is 81.5 cm³/mol. The van der Waals surface area contributed by atoms with Crippen LogP contribution in [0.15, 0.2) is 30.6 Å². The molecule has 108 valence electrons. The highest BCUT2D eigenvalue weighted by molar-refractivity contribution is 6.39. The van der Waals surface area contributed by atoms with Crippen molar-refractivity contribution in [1.82, 2.24) is 14.6 Å². The van der Waals surface area contributed by atoms with E-state index in [0.29, 0.717) is 12.2 Å². The van der Waals surface area contributed by atoms with Gasteiger partial charge in [0.15, 0.2) is 5.65 Å². The van der Waals surface area contributed by atoms with Gasteiger partial charge in [0.25, 0.3) is 0 Å². The summed E-state index contributed by atoms with van der Waals surface area (Å²) in [4.78, 5) is 4.31. The molecule has 3 aromatic rings. The number of hydrogen-bond donors (Lipinski definition) is 1. The second kappa shape index (κ2) is 5.50. The number of halogens is 3. The summed E-state index contributed by atoms with van der Waals surface area (Å²) in [6.07, 6.45) is 3.61. The first kappa shape index (κ1) is 14.1. The Morgan fingerprint density at radius 2 is 1.95 bits per heavy atom. The molecule has 4 nitrogen and oxygen atoms in total. The molecule has 0 spiro atoms. The number of hydrogen-bond acceptors (Lipinski definition) is 3. The summed E-state index contributed by atoms with van der Waals surface area (Å²) in [5.41, 5.74) is 3.09. The first-order chi connectivity index (χ1) is 10.0. The summed E-state index contributed by atoms with van der Waals surface area (Å²) < 4.78 is 14.8. The van der Waals surface area contributed by atoms with Crippen LogP contribution in [0, 0.1) is 12.7 Å². The normalized spacial score (nSPS) is 11.0. The molecule has 7 heteroatoms. The SMILES string of the molecule is Cc1cc2ncc(CNc3c(Cl)cc(F)cc3Cl)cn2n1. The van der Waals surface area contributed by atoms with E-state index >= 15 is 0 Å². The number of anilines is 1. The molecule has 0 bridgehead atoms. The molecule has 0 amide bonds. The van der Waals surface area contributed by atoms with Gasteiger partial charge in [0, 0.05) is 30.6 Å². The van der Waals surface area contributed by atoms with Gasteiger partial charge in [-0.25, -0.2) is 13.9 Å². The molecular weight excluding hydrogens is 314 g/mol. The summed E-state index contributed by atoms with van der Waals surface area (Å²) in [6, 6.07) is 4.33. The second-order valence-electron chi connectivity index (χ2n) is 4.65. The van der Waals surface area contributed by atoms with Crippen molar-refractivity contribution in [3.05, 3.63) is 57.7 Å². The maximum Gasteiger partial charge on any atom is 0.155 e. The van der Waals surface area contributed by atoms with E-state index in [0.717, 1.165) is 16.9 Å². The largest absolute Gasteiger partial charge is 0.378 e. The number of aromatic nitrogens is 3. The molecule has 0 unspecified atom stereocenters. The smallest absolute Gasteiger partial charge is 0.155 e. The summed E-state index contributed by atoms with van der Waals surface area (Å²) in [5.74, 6) is -0.467. The molecular formula is C14H11Cl2FN4. The predicted octanol–water partition coefficient (Wildman–Crippen LogP) is 4.10. The lowest BCUT2D eigenvalue weighted by Gasteiger charge is -2.10. The van der Waals surface area contributed by atoms with Crippen LogP contribution in [0.3, 0.4) is 0 Å². The van der Waals surface area contributed by atoms with Crippen molar-refractivity contribution in [1.29, 1.82) is 0 Å². The van der Waals surface area contributed by atoms with E-state index in [2.05, 4.69) is 15.4 Å². The van der Waals surface area contributed by atoms with Crippen molar-refractivity contribution in [3.63, 3.8) is 0 Å². The van der Waals surface area contributed by atoms with Crippen LogP contribution in [0.5, 0.6) is 0 Å². The van der Waals surface area contributed by atoms with Crippen LogP contribution >= 0.6 is 23.2 Å². The minimum absolute atomic E-state index is 0.240. The van der Waals surface area contributed by atoms with Crippen molar-refractivity contribution in [2.75, 3.05) is 5.32 Å². The van der Waals surface area contributed by atoms with Gasteiger partial charge in [-0.15, -0.1) is 0 Å². The standard InChI is InChI=1S/C14H11Cl2FN4/c1-8-2-13-18-5-9(7-21(13)20-8)6-19-14-11(15)3-10(17)4-12(14)16/h2-5,7,19H,6H2,1H3. The van der Waals surface area contributed by atoms with Gasteiger partial charge in [0.1, 0.15) is 5.82 Å². The van der Waals surface area contributed by atoms with Crippen molar-refractivity contribution in [2.24, 2.45) is 0 Å². The number of fused-ring (bicyclic) bond motifs is 1. The first-order valence-electron chi connectivity index (χ1n) is 6.22. The number of nitrogens with one attached hydrogen (secondary N) is 1. The Bertz CT molecular complexity index is 793. The molecule has 1 aromatic carbocycles. The van der Waals surface area contributed by atoms with Gasteiger partial charge in [-0.3, -0.25) is 0 Å². The van der Waals surface area contributed by atoms with Crippen molar-refractivity contribution >= 4 is 34.5 Å². The summed E-state index contributed by atoms with van der Waals surface area (Å²) in [7, 11) is 0. The number of rotatable bonds is 3. The highest BCUT2D eigenvalue weighted by Gasteiger charge is 2.08. The Morgan fingerprint density at radius 1 is 1.24 bits per heavy atom. The average molecular weight is 325 g/mol. The van der Waals surface area contributed by atoms with E-state index in [1.165, 1.54) is 12.1 Å². The molecule has 0 fully saturated rings. The van der Waals surface area contributed by atoms with Crippen LogP contribution in [-0.2, 0) is 6.54 Å². The van der Waals surface area contributed by atoms with E-state index in [1.54, 1.807) is 10.7 Å². The summed E-state index contributed by atoms with van der Waals surface area (Å²) >= 11 is 12.0. The van der Waals surface area contributed by atoms with Gasteiger partial charge in [0.05, 0.1) is 21.4 Å². The Morgan fingerprint density at radius 3 is 2.67 bits per heavy atom. The maximum atomic E-state index is 13.1. The van der Waals surface area contributed by atoms with Gasteiger partial charge in [0.2, 0.25) is 0 Å². The fourth-order valence-corrected chi connectivity index (χ4v) is 2.62. The molecule has 2 aromatic heterocycles. The van der Waals surface area contributed by atoms with Crippen LogP contribution < -0.4 is 5.32 Å². The van der Waals surface area contributed by atoms with Crippen LogP contribution in [0.4, 0.5) is 10.1 Å². The molecule has 0 atom stereocenters. The van der Waals surface area contributed by atoms with Gasteiger partial charge in [-0.2, -0.15) is 5.10 Å². The molecule has 0 aliphatic carbocycles. The number of nitrogens with zero attached hydrogens (tertiary/aromatic N) is 3. The molecule has 0 saturated heterocycles. The van der Waals surface area contributed by atoms with Crippen molar-refractivity contribution in [3.8, 4) is 0 Å². The minimum atomic E-state index is -0.467. The van der Waals surface area contributed by atoms with E-state index < -0.39 is 5.82 Å². The lowest BCUT2D eigenvalue weighted by Crippen LogP contribution is -2.03. The highest BCUT2D eigenvalue weighted by Crippen LogP contribution is 2.31. The van der Waals surface area contributed by atoms with Crippen molar-refractivity contribution < 1.29 is 4.39 Å². The van der Waals surface area contributed by atoms with Crippen molar-refractivity contribution in [2.45, 2.75) is 13.5 Å². The fourth-order valence-electron chi connectivity index (χ4n) is 2.03. The van der Waals surface area contributed by atoms with Crippen LogP contribution in [-0.4, -0.2) is 14.6 Å². The third-order valence-corrected chi connectivity index (χ3v) is 3.56. The average Bonchev–Trinajstić information content (AvgIpc) is 2.76.